The lowest BCUT2D eigenvalue weighted by atomic mass is 10.2. The van der Waals surface area contributed by atoms with Crippen LogP contribution in [0.3, 0.4) is 0 Å². The van der Waals surface area contributed by atoms with Crippen LogP contribution in [0.25, 0.3) is 0 Å². The van der Waals surface area contributed by atoms with E-state index >= 15 is 0 Å². The molecule has 0 bridgehead atoms. The molecule has 0 fully saturated rings. The number of methoxy groups -OCH3 is 1. The van der Waals surface area contributed by atoms with E-state index in [0.29, 0.717) is 11.4 Å². The van der Waals surface area contributed by atoms with Crippen molar-refractivity contribution in [3.05, 3.63) is 71.2 Å². The molecule has 0 heterocycles. The van der Waals surface area contributed by atoms with Crippen LogP contribution in [0.15, 0.2) is 70.5 Å². The van der Waals surface area contributed by atoms with E-state index in [-0.39, 0.29) is 38.7 Å². The average molecular weight is 502 g/mol. The molecule has 0 aliphatic carbocycles. The average Bonchev–Trinajstić information content (AvgIpc) is 2.79. The summed E-state index contributed by atoms with van der Waals surface area (Å²) in [6.07, 6.45) is 0. The molecule has 0 aliphatic heterocycles. The van der Waals surface area contributed by atoms with Crippen molar-refractivity contribution >= 4 is 50.3 Å². The Balaban J connectivity index is 1.82. The second-order valence-electron chi connectivity index (χ2n) is 7.44. The second kappa shape index (κ2) is 10.6. The maximum atomic E-state index is 13.4. The molecule has 10 heteroatoms. The minimum atomic E-state index is -4.01. The molecule has 178 valence electrons. The van der Waals surface area contributed by atoms with Crippen LogP contribution < -0.4 is 20.7 Å². The highest BCUT2D eigenvalue weighted by atomic mass is 35.5. The zero-order valence-electron chi connectivity index (χ0n) is 18.8. The van der Waals surface area contributed by atoms with Crippen LogP contribution in [-0.4, -0.2) is 33.9 Å². The smallest absolute Gasteiger partial charge is 0.243 e. The summed E-state index contributed by atoms with van der Waals surface area (Å²) in [7, 11) is -2.62. The van der Waals surface area contributed by atoms with Gasteiger partial charge in [-0.1, -0.05) is 29.3 Å². The number of rotatable bonds is 8. The first kappa shape index (κ1) is 25.1. The van der Waals surface area contributed by atoms with E-state index in [9.17, 15) is 18.0 Å². The molecule has 0 saturated heterocycles. The van der Waals surface area contributed by atoms with Crippen molar-refractivity contribution < 1.29 is 22.7 Å². The van der Waals surface area contributed by atoms with E-state index in [0.717, 1.165) is 5.56 Å². The van der Waals surface area contributed by atoms with E-state index in [1.54, 1.807) is 36.4 Å². The highest BCUT2D eigenvalue weighted by Gasteiger charge is 2.27. The normalized spacial score (nSPS) is 10.9. The largest absolute Gasteiger partial charge is 0.495 e. The molecule has 2 amide bonds. The SMILES string of the molecule is COc1ccc(NCC(=O)Nc2ccc(NC(C)=O)cc2)c(S(=O)(=O)c2ccc(C)cc2)c1Cl. The Kier molecular flexibility index (Phi) is 7.80. The van der Waals surface area contributed by atoms with Gasteiger partial charge in [-0.2, -0.15) is 0 Å². The second-order valence-corrected chi connectivity index (χ2v) is 9.70. The highest BCUT2D eigenvalue weighted by Crippen LogP contribution is 2.39. The molecular formula is C24H24ClN3O5S. The van der Waals surface area contributed by atoms with E-state index in [2.05, 4.69) is 16.0 Å². The van der Waals surface area contributed by atoms with E-state index in [4.69, 9.17) is 16.3 Å². The lowest BCUT2D eigenvalue weighted by Crippen LogP contribution is -2.22. The number of carbonyl (C=O) groups excluding carboxylic acids is 2. The Labute approximate surface area is 203 Å². The van der Waals surface area contributed by atoms with Gasteiger partial charge >= 0.3 is 0 Å². The van der Waals surface area contributed by atoms with Gasteiger partial charge in [0.05, 0.1) is 24.2 Å². The Hall–Kier alpha value is -3.56. The van der Waals surface area contributed by atoms with Gasteiger partial charge in [-0.25, -0.2) is 8.42 Å². The van der Waals surface area contributed by atoms with Gasteiger partial charge in [-0.3, -0.25) is 9.59 Å². The summed E-state index contributed by atoms with van der Waals surface area (Å²) in [5.74, 6) is -0.407. The molecule has 3 aromatic carbocycles. The topological polar surface area (TPSA) is 114 Å². The van der Waals surface area contributed by atoms with Gasteiger partial charge in [-0.05, 0) is 55.5 Å². The number of benzene rings is 3. The Morgan fingerprint density at radius 3 is 2.06 bits per heavy atom. The third kappa shape index (κ3) is 5.86. The summed E-state index contributed by atoms with van der Waals surface area (Å²) in [4.78, 5) is 23.5. The van der Waals surface area contributed by atoms with Crippen LogP contribution >= 0.6 is 11.6 Å². The zero-order chi connectivity index (χ0) is 24.9. The first-order valence-corrected chi connectivity index (χ1v) is 12.1. The fraction of sp³-hybridized carbons (Fsp3) is 0.167. The Bertz CT molecular complexity index is 1310. The van der Waals surface area contributed by atoms with Gasteiger partial charge < -0.3 is 20.7 Å². The summed E-state index contributed by atoms with van der Waals surface area (Å²) in [6, 6.07) is 16.0. The molecule has 8 nitrogen and oxygen atoms in total. The molecule has 0 saturated carbocycles. The molecule has 3 N–H and O–H groups in total. The Morgan fingerprint density at radius 1 is 0.912 bits per heavy atom. The maximum Gasteiger partial charge on any atom is 0.243 e. The molecule has 0 radical (unpaired) electrons. The number of ether oxygens (including phenoxy) is 1. The number of nitrogens with one attached hydrogen (secondary N) is 3. The summed E-state index contributed by atoms with van der Waals surface area (Å²) in [5.41, 5.74) is 2.20. The lowest BCUT2D eigenvalue weighted by Gasteiger charge is -2.16. The third-order valence-electron chi connectivity index (χ3n) is 4.81. The molecule has 0 atom stereocenters. The fourth-order valence-corrected chi connectivity index (χ4v) is 5.20. The predicted molar refractivity (Wildman–Crippen MR) is 132 cm³/mol. The maximum absolute atomic E-state index is 13.4. The van der Waals surface area contributed by atoms with Crippen LogP contribution in [0.2, 0.25) is 5.02 Å². The zero-order valence-corrected chi connectivity index (χ0v) is 20.4. The van der Waals surface area contributed by atoms with Gasteiger partial charge in [0.2, 0.25) is 21.7 Å². The van der Waals surface area contributed by atoms with Gasteiger partial charge in [0, 0.05) is 18.3 Å². The van der Waals surface area contributed by atoms with Gasteiger partial charge in [0.25, 0.3) is 0 Å². The lowest BCUT2D eigenvalue weighted by molar-refractivity contribution is -0.115. The van der Waals surface area contributed by atoms with Crippen LogP contribution in [0.5, 0.6) is 5.75 Å². The third-order valence-corrected chi connectivity index (χ3v) is 7.15. The van der Waals surface area contributed by atoms with Crippen LogP contribution in [-0.2, 0) is 19.4 Å². The minimum Gasteiger partial charge on any atom is -0.495 e. The Morgan fingerprint density at radius 2 is 1.50 bits per heavy atom. The number of halogens is 1. The van der Waals surface area contributed by atoms with Crippen LogP contribution in [0.4, 0.5) is 17.1 Å². The first-order valence-electron chi connectivity index (χ1n) is 10.2. The summed E-state index contributed by atoms with van der Waals surface area (Å²) < 4.78 is 32.0. The van der Waals surface area contributed by atoms with Crippen LogP contribution in [0.1, 0.15) is 12.5 Å². The number of sulfone groups is 1. The predicted octanol–water partition coefficient (Wildman–Crippen LogP) is 4.50. The molecule has 3 aromatic rings. The molecule has 3 rings (SSSR count). The van der Waals surface area contributed by atoms with Crippen molar-refractivity contribution in [2.45, 2.75) is 23.6 Å². The number of hydrogen-bond acceptors (Lipinski definition) is 6. The molecule has 0 aliphatic rings. The van der Waals surface area contributed by atoms with Crippen molar-refractivity contribution in [1.82, 2.24) is 0 Å². The van der Waals surface area contributed by atoms with Crippen molar-refractivity contribution in [2.24, 2.45) is 0 Å². The molecule has 0 unspecified atom stereocenters. The summed E-state index contributed by atoms with van der Waals surface area (Å²) in [6.45, 7) is 3.04. The van der Waals surface area contributed by atoms with Crippen molar-refractivity contribution in [3.63, 3.8) is 0 Å². The van der Waals surface area contributed by atoms with Crippen molar-refractivity contribution in [1.29, 1.82) is 0 Å². The van der Waals surface area contributed by atoms with Gasteiger partial charge in [-0.15, -0.1) is 0 Å². The van der Waals surface area contributed by atoms with Gasteiger partial charge in [0.15, 0.2) is 0 Å². The molecule has 34 heavy (non-hydrogen) atoms. The molecular weight excluding hydrogens is 478 g/mol. The number of carbonyl (C=O) groups is 2. The first-order chi connectivity index (χ1) is 16.1. The van der Waals surface area contributed by atoms with Gasteiger partial charge in [0.1, 0.15) is 15.7 Å². The van der Waals surface area contributed by atoms with Crippen molar-refractivity contribution in [3.8, 4) is 5.75 Å². The van der Waals surface area contributed by atoms with E-state index in [1.165, 1.54) is 38.3 Å². The number of anilines is 3. The summed E-state index contributed by atoms with van der Waals surface area (Å²) in [5, 5.41) is 8.13. The van der Waals surface area contributed by atoms with Crippen molar-refractivity contribution in [2.75, 3.05) is 29.6 Å². The van der Waals surface area contributed by atoms with Crippen LogP contribution in [0, 0.1) is 6.92 Å². The van der Waals surface area contributed by atoms with E-state index in [1.807, 2.05) is 6.92 Å². The fourth-order valence-electron chi connectivity index (χ4n) is 3.15. The molecule has 0 aromatic heterocycles. The standard InChI is InChI=1S/C24H24ClN3O5S/c1-15-4-10-19(11-5-15)34(31,32)24-20(12-13-21(33-3)23(24)25)26-14-22(30)28-18-8-6-17(7-9-18)27-16(2)29/h4-13,26H,14H2,1-3H3,(H,27,29)(H,28,30). The number of hydrogen-bond donors (Lipinski definition) is 3. The minimum absolute atomic E-state index is 0.0695. The number of amides is 2. The highest BCUT2D eigenvalue weighted by molar-refractivity contribution is 7.91. The molecule has 0 spiro atoms. The monoisotopic (exact) mass is 501 g/mol. The van der Waals surface area contributed by atoms with E-state index < -0.39 is 15.7 Å². The number of aryl methyl sites for hydroxylation is 1. The quantitative estimate of drug-likeness (QED) is 0.419. The summed E-state index contributed by atoms with van der Waals surface area (Å²) >= 11 is 6.40.